The number of anilines is 1. The average Bonchev–Trinajstić information content (AvgIpc) is 2.50. The summed E-state index contributed by atoms with van der Waals surface area (Å²) in [5, 5.41) is 14.3. The number of carbonyl (C=O) groups excluding carboxylic acids is 1. The topological polar surface area (TPSA) is 52.9 Å². The van der Waals surface area contributed by atoms with Gasteiger partial charge in [0, 0.05) is 10.2 Å². The Morgan fingerprint density at radius 2 is 1.81 bits per heavy atom. The first-order valence-corrected chi connectivity index (χ1v) is 7.76. The molecule has 0 spiro atoms. The second-order valence-corrected chi connectivity index (χ2v) is 5.98. The third-order valence-corrected chi connectivity index (χ3v) is 4.41. The molecule has 0 saturated heterocycles. The van der Waals surface area contributed by atoms with Crippen molar-refractivity contribution in [2.75, 3.05) is 5.32 Å². The number of fused-ring (bicyclic) bond motifs is 1. The zero-order chi connectivity index (χ0) is 15.5. The highest BCUT2D eigenvalue weighted by Gasteiger charge is 2.34. The van der Waals surface area contributed by atoms with Crippen molar-refractivity contribution < 1.29 is 4.79 Å². The van der Waals surface area contributed by atoms with Crippen molar-refractivity contribution in [2.45, 2.75) is 26.7 Å². The van der Waals surface area contributed by atoms with Crippen molar-refractivity contribution in [3.63, 3.8) is 0 Å². The summed E-state index contributed by atoms with van der Waals surface area (Å²) in [4.78, 5) is 12.4. The summed E-state index contributed by atoms with van der Waals surface area (Å²) in [5.41, 5.74) is -0.231. The first-order chi connectivity index (χ1) is 10.0. The predicted molar refractivity (Wildman–Crippen MR) is 88.9 cm³/mol. The molecular formula is C17H17BrN2O. The van der Waals surface area contributed by atoms with Crippen LogP contribution in [-0.4, -0.2) is 5.91 Å². The van der Waals surface area contributed by atoms with E-state index < -0.39 is 5.41 Å². The van der Waals surface area contributed by atoms with Gasteiger partial charge in [-0.1, -0.05) is 41.9 Å². The van der Waals surface area contributed by atoms with Crippen LogP contribution in [0.4, 0.5) is 5.69 Å². The summed E-state index contributed by atoms with van der Waals surface area (Å²) < 4.78 is 1.02. The first kappa shape index (κ1) is 15.5. The standard InChI is InChI=1S/C17H17BrN2O/c1-3-17(4-2,11-19)16(21)20-15-8-6-12-9-14(18)7-5-13(12)10-15/h5-10H,3-4H2,1-2H3,(H,20,21). The van der Waals surface area contributed by atoms with E-state index in [-0.39, 0.29) is 5.91 Å². The molecule has 0 aromatic heterocycles. The number of amides is 1. The summed E-state index contributed by atoms with van der Waals surface area (Å²) in [5.74, 6) is -0.230. The Morgan fingerprint density at radius 3 is 2.43 bits per heavy atom. The molecule has 21 heavy (non-hydrogen) atoms. The SMILES string of the molecule is CCC(C#N)(CC)C(=O)Nc1ccc2cc(Br)ccc2c1. The van der Waals surface area contributed by atoms with E-state index in [9.17, 15) is 10.1 Å². The Kier molecular flexibility index (Phi) is 4.64. The summed E-state index contributed by atoms with van der Waals surface area (Å²) in [6.45, 7) is 3.73. The van der Waals surface area contributed by atoms with Crippen molar-refractivity contribution in [1.82, 2.24) is 0 Å². The fraction of sp³-hybridized carbons (Fsp3) is 0.294. The van der Waals surface area contributed by atoms with Crippen LogP contribution in [0.25, 0.3) is 10.8 Å². The van der Waals surface area contributed by atoms with Gasteiger partial charge >= 0.3 is 0 Å². The molecule has 0 fully saturated rings. The molecule has 0 atom stereocenters. The lowest BCUT2D eigenvalue weighted by molar-refractivity contribution is -0.123. The van der Waals surface area contributed by atoms with E-state index in [0.717, 1.165) is 20.9 Å². The van der Waals surface area contributed by atoms with Crippen molar-refractivity contribution in [1.29, 1.82) is 5.26 Å². The third-order valence-electron chi connectivity index (χ3n) is 3.92. The Bertz CT molecular complexity index is 714. The van der Waals surface area contributed by atoms with Gasteiger partial charge in [-0.3, -0.25) is 4.79 Å². The highest BCUT2D eigenvalue weighted by Crippen LogP contribution is 2.28. The predicted octanol–water partition coefficient (Wildman–Crippen LogP) is 4.87. The van der Waals surface area contributed by atoms with Gasteiger partial charge in [-0.15, -0.1) is 0 Å². The Labute approximate surface area is 133 Å². The molecule has 2 aromatic rings. The number of nitrogens with one attached hydrogen (secondary N) is 1. The molecule has 1 N–H and O–H groups in total. The van der Waals surface area contributed by atoms with Gasteiger partial charge in [0.15, 0.2) is 0 Å². The first-order valence-electron chi connectivity index (χ1n) is 6.96. The normalized spacial score (nSPS) is 11.1. The van der Waals surface area contributed by atoms with Crippen LogP contribution < -0.4 is 5.32 Å². The molecule has 108 valence electrons. The molecule has 0 heterocycles. The van der Waals surface area contributed by atoms with Crippen LogP contribution in [-0.2, 0) is 4.79 Å². The number of halogens is 1. The fourth-order valence-corrected chi connectivity index (χ4v) is 2.70. The second kappa shape index (κ2) is 6.28. The highest BCUT2D eigenvalue weighted by atomic mass is 79.9. The van der Waals surface area contributed by atoms with Gasteiger partial charge in [0.1, 0.15) is 5.41 Å². The van der Waals surface area contributed by atoms with Gasteiger partial charge in [-0.05, 0) is 47.9 Å². The maximum absolute atomic E-state index is 12.4. The minimum atomic E-state index is -0.950. The molecule has 0 radical (unpaired) electrons. The summed E-state index contributed by atoms with van der Waals surface area (Å²) >= 11 is 3.44. The minimum absolute atomic E-state index is 0.230. The smallest absolute Gasteiger partial charge is 0.244 e. The van der Waals surface area contributed by atoms with Crippen LogP contribution >= 0.6 is 15.9 Å². The molecular weight excluding hydrogens is 328 g/mol. The number of hydrogen-bond acceptors (Lipinski definition) is 2. The van der Waals surface area contributed by atoms with Gasteiger partial charge in [-0.2, -0.15) is 5.26 Å². The van der Waals surface area contributed by atoms with Gasteiger partial charge in [-0.25, -0.2) is 0 Å². The Morgan fingerprint density at radius 1 is 1.19 bits per heavy atom. The summed E-state index contributed by atoms with van der Waals surface area (Å²) in [6, 6.07) is 13.9. The van der Waals surface area contributed by atoms with Crippen LogP contribution in [0.2, 0.25) is 0 Å². The van der Waals surface area contributed by atoms with E-state index in [2.05, 4.69) is 27.3 Å². The monoisotopic (exact) mass is 344 g/mol. The van der Waals surface area contributed by atoms with Gasteiger partial charge in [0.05, 0.1) is 6.07 Å². The van der Waals surface area contributed by atoms with E-state index in [1.807, 2.05) is 50.2 Å². The molecule has 0 unspecified atom stereocenters. The van der Waals surface area contributed by atoms with Crippen molar-refractivity contribution in [3.8, 4) is 6.07 Å². The van der Waals surface area contributed by atoms with E-state index >= 15 is 0 Å². The zero-order valence-electron chi connectivity index (χ0n) is 12.1. The molecule has 0 aliphatic rings. The molecule has 2 rings (SSSR count). The highest BCUT2D eigenvalue weighted by molar-refractivity contribution is 9.10. The number of nitriles is 1. The van der Waals surface area contributed by atoms with Crippen molar-refractivity contribution >= 4 is 38.3 Å². The van der Waals surface area contributed by atoms with Crippen molar-refractivity contribution in [2.24, 2.45) is 5.41 Å². The van der Waals surface area contributed by atoms with E-state index in [0.29, 0.717) is 12.8 Å². The van der Waals surface area contributed by atoms with E-state index in [1.165, 1.54) is 0 Å². The molecule has 3 nitrogen and oxygen atoms in total. The molecule has 1 amide bonds. The summed E-state index contributed by atoms with van der Waals surface area (Å²) in [7, 11) is 0. The van der Waals surface area contributed by atoms with Crippen LogP contribution in [0, 0.1) is 16.7 Å². The molecule has 0 saturated carbocycles. The molecule has 0 bridgehead atoms. The van der Waals surface area contributed by atoms with Crippen LogP contribution in [0.15, 0.2) is 40.9 Å². The van der Waals surface area contributed by atoms with Gasteiger partial charge < -0.3 is 5.32 Å². The average molecular weight is 345 g/mol. The van der Waals surface area contributed by atoms with Gasteiger partial charge in [0.25, 0.3) is 0 Å². The quantitative estimate of drug-likeness (QED) is 0.859. The molecule has 4 heteroatoms. The number of rotatable bonds is 4. The Balaban J connectivity index is 2.30. The number of hydrogen-bond donors (Lipinski definition) is 1. The van der Waals surface area contributed by atoms with Crippen LogP contribution in [0.5, 0.6) is 0 Å². The van der Waals surface area contributed by atoms with Crippen LogP contribution in [0.1, 0.15) is 26.7 Å². The zero-order valence-corrected chi connectivity index (χ0v) is 13.7. The minimum Gasteiger partial charge on any atom is -0.325 e. The van der Waals surface area contributed by atoms with Crippen LogP contribution in [0.3, 0.4) is 0 Å². The Hall–Kier alpha value is -1.86. The lowest BCUT2D eigenvalue weighted by Crippen LogP contribution is -2.33. The molecule has 0 aliphatic carbocycles. The fourth-order valence-electron chi connectivity index (χ4n) is 2.33. The van der Waals surface area contributed by atoms with Crippen molar-refractivity contribution in [3.05, 3.63) is 40.9 Å². The lowest BCUT2D eigenvalue weighted by Gasteiger charge is -2.22. The lowest BCUT2D eigenvalue weighted by atomic mass is 9.83. The van der Waals surface area contributed by atoms with E-state index in [1.54, 1.807) is 0 Å². The maximum atomic E-state index is 12.4. The summed E-state index contributed by atoms with van der Waals surface area (Å²) in [6.07, 6.45) is 1.01. The maximum Gasteiger partial charge on any atom is 0.244 e. The molecule has 0 aliphatic heterocycles. The number of benzene rings is 2. The van der Waals surface area contributed by atoms with Gasteiger partial charge in [0.2, 0.25) is 5.91 Å². The number of nitrogens with zero attached hydrogens (tertiary/aromatic N) is 1. The third kappa shape index (κ3) is 3.08. The number of carbonyl (C=O) groups is 1. The second-order valence-electron chi connectivity index (χ2n) is 5.06. The molecule has 2 aromatic carbocycles. The van der Waals surface area contributed by atoms with E-state index in [4.69, 9.17) is 0 Å². The largest absolute Gasteiger partial charge is 0.325 e.